The monoisotopic (exact) mass is 602 g/mol. The Labute approximate surface area is 247 Å². The number of piperidine rings is 1. The summed E-state index contributed by atoms with van der Waals surface area (Å²) in [7, 11) is 0.836. The lowest BCUT2D eigenvalue weighted by atomic mass is 10.0. The van der Waals surface area contributed by atoms with E-state index in [4.69, 9.17) is 25.8 Å². The summed E-state index contributed by atoms with van der Waals surface area (Å²) >= 11 is 6.48. The minimum absolute atomic E-state index is 0.425. The Morgan fingerprint density at radius 2 is 1.68 bits per heavy atom. The summed E-state index contributed by atoms with van der Waals surface area (Å²) in [6.07, 6.45) is 3.41. The van der Waals surface area contributed by atoms with Crippen LogP contribution in [0.5, 0.6) is 11.5 Å². The number of benzene rings is 2. The van der Waals surface area contributed by atoms with E-state index in [0.717, 1.165) is 74.7 Å². The summed E-state index contributed by atoms with van der Waals surface area (Å²) in [5, 5.41) is 11.2. The van der Waals surface area contributed by atoms with E-state index in [2.05, 4.69) is 42.9 Å². The third-order valence-corrected chi connectivity index (χ3v) is 9.60. The number of rotatable bonds is 9. The molecule has 1 unspecified atom stereocenters. The highest BCUT2D eigenvalue weighted by atomic mass is 35.5. The Balaban J connectivity index is 1.22. The Morgan fingerprint density at radius 3 is 2.37 bits per heavy atom. The number of hydrogen-bond acceptors (Lipinski definition) is 10. The molecule has 41 heavy (non-hydrogen) atoms. The van der Waals surface area contributed by atoms with Crippen LogP contribution in [0.15, 0.2) is 52.2 Å². The third-order valence-electron chi connectivity index (χ3n) is 7.79. The number of morpholine rings is 1. The average Bonchev–Trinajstić information content (AvgIpc) is 2.99. The summed E-state index contributed by atoms with van der Waals surface area (Å²) in [5.74, 6) is 1.88. The molecule has 0 bridgehead atoms. The summed E-state index contributed by atoms with van der Waals surface area (Å²) in [6.45, 7) is 9.26. The number of hydrogen-bond donors (Lipinski definition) is 3. The predicted molar refractivity (Wildman–Crippen MR) is 168 cm³/mol. The molecule has 0 amide bonds. The highest BCUT2D eigenvalue weighted by Crippen LogP contribution is 2.38. The van der Waals surface area contributed by atoms with Gasteiger partial charge in [-0.1, -0.05) is 11.6 Å². The van der Waals surface area contributed by atoms with Gasteiger partial charge in [-0.3, -0.25) is 4.90 Å². The Morgan fingerprint density at radius 1 is 1.00 bits per heavy atom. The molecule has 3 aliphatic heterocycles. The normalized spacial score (nSPS) is 20.5. The van der Waals surface area contributed by atoms with E-state index in [0.29, 0.717) is 28.3 Å². The first kappa shape index (κ1) is 29.6. The molecule has 5 rings (SSSR count). The number of anilines is 3. The fourth-order valence-electron chi connectivity index (χ4n) is 5.44. The highest BCUT2D eigenvalue weighted by molar-refractivity contribution is 7.70. The largest absolute Gasteiger partial charge is 0.495 e. The molecule has 2 aromatic carbocycles. The van der Waals surface area contributed by atoms with Crippen molar-refractivity contribution in [3.8, 4) is 11.5 Å². The van der Waals surface area contributed by atoms with Gasteiger partial charge >= 0.3 is 0 Å². The van der Waals surface area contributed by atoms with E-state index in [9.17, 15) is 4.57 Å². The highest BCUT2D eigenvalue weighted by Gasteiger charge is 2.27. The van der Waals surface area contributed by atoms with Gasteiger partial charge in [0.25, 0.3) is 0 Å². The van der Waals surface area contributed by atoms with Crippen molar-refractivity contribution in [1.29, 1.82) is 0 Å². The molecule has 3 heterocycles. The van der Waals surface area contributed by atoms with Gasteiger partial charge in [0.2, 0.25) is 0 Å². The molecule has 2 saturated heterocycles. The number of methoxy groups -OCH3 is 2. The summed E-state index contributed by atoms with van der Waals surface area (Å²) in [5.41, 5.74) is 2.66. The molecular formula is C29H40ClN6O4P. The Bertz CT molecular complexity index is 1330. The maximum absolute atomic E-state index is 12.5. The molecule has 1 atom stereocenters. The molecule has 0 aromatic heterocycles. The lowest BCUT2D eigenvalue weighted by Crippen LogP contribution is -2.49. The number of allylic oxidation sites excluding steroid dienone is 1. The van der Waals surface area contributed by atoms with Crippen molar-refractivity contribution >= 4 is 47.3 Å². The first-order chi connectivity index (χ1) is 19.7. The summed E-state index contributed by atoms with van der Waals surface area (Å²) in [4.78, 5) is 9.51. The first-order valence-electron chi connectivity index (χ1n) is 14.0. The van der Waals surface area contributed by atoms with Gasteiger partial charge in [-0.2, -0.15) is 0 Å². The minimum Gasteiger partial charge on any atom is -0.495 e. The molecular weight excluding hydrogens is 563 g/mol. The molecule has 12 heteroatoms. The van der Waals surface area contributed by atoms with Crippen LogP contribution in [0.3, 0.4) is 0 Å². The number of aliphatic imine (C=N–C) groups is 1. The van der Waals surface area contributed by atoms with E-state index >= 15 is 0 Å². The zero-order valence-corrected chi connectivity index (χ0v) is 25.8. The number of ether oxygens (including phenoxy) is 3. The van der Waals surface area contributed by atoms with Crippen molar-refractivity contribution in [3.05, 3.63) is 47.3 Å². The second-order valence-electron chi connectivity index (χ2n) is 10.8. The van der Waals surface area contributed by atoms with Gasteiger partial charge in [-0.05, 0) is 56.5 Å². The quantitative estimate of drug-likeness (QED) is 0.366. The van der Waals surface area contributed by atoms with Gasteiger partial charge in [0, 0.05) is 55.5 Å². The van der Waals surface area contributed by atoms with Crippen LogP contribution < -0.4 is 35.6 Å². The van der Waals surface area contributed by atoms with E-state index in [1.54, 1.807) is 39.8 Å². The zero-order chi connectivity index (χ0) is 29.0. The van der Waals surface area contributed by atoms with Gasteiger partial charge in [-0.25, -0.2) is 4.99 Å². The molecule has 3 aliphatic rings. The van der Waals surface area contributed by atoms with Gasteiger partial charge in [0.15, 0.2) is 6.29 Å². The molecule has 0 aliphatic carbocycles. The summed E-state index contributed by atoms with van der Waals surface area (Å²) in [6, 6.07) is 12.3. The average molecular weight is 603 g/mol. The van der Waals surface area contributed by atoms with Crippen molar-refractivity contribution in [2.75, 3.05) is 82.5 Å². The standard InChI is InChI=1S/C29H40ClN6O4P/c1-38-26-17-21(35-11-9-20(10-12-35)36-13-15-40-16-14-36)5-7-25(26)33-29-31-19-23(30)28(34-29)32-24-8-6-22(41(3,4)37)18-27(24)39-2/h5-8,17-20,29,32-34H,9-16H2,1-4H3. The lowest BCUT2D eigenvalue weighted by molar-refractivity contribution is 0.0115. The second kappa shape index (κ2) is 12.9. The van der Waals surface area contributed by atoms with Crippen LogP contribution in [-0.2, 0) is 9.30 Å². The molecule has 0 radical (unpaired) electrons. The van der Waals surface area contributed by atoms with E-state index in [1.165, 1.54) is 0 Å². The van der Waals surface area contributed by atoms with Crippen LogP contribution in [0.4, 0.5) is 17.1 Å². The molecule has 222 valence electrons. The van der Waals surface area contributed by atoms with Gasteiger partial charge < -0.3 is 39.6 Å². The van der Waals surface area contributed by atoms with Crippen LogP contribution in [0.1, 0.15) is 12.8 Å². The Kier molecular flexibility index (Phi) is 9.34. The number of halogens is 1. The predicted octanol–water partition coefficient (Wildman–Crippen LogP) is 4.14. The van der Waals surface area contributed by atoms with Crippen LogP contribution in [0.25, 0.3) is 0 Å². The van der Waals surface area contributed by atoms with Gasteiger partial charge in [0.1, 0.15) is 24.5 Å². The topological polar surface area (TPSA) is 99.7 Å². The van der Waals surface area contributed by atoms with E-state index < -0.39 is 13.4 Å². The number of nitrogens with one attached hydrogen (secondary N) is 3. The Hall–Kier alpha value is -2.91. The molecule has 0 spiro atoms. The number of nitrogens with zero attached hydrogens (tertiary/aromatic N) is 3. The SMILES string of the molecule is COc1cc(P(C)(C)=O)ccc1NC1=C(Cl)C=NC(Nc2ccc(N3CCC(N4CCOCC4)CC3)cc2OC)N1. The molecule has 0 saturated carbocycles. The van der Waals surface area contributed by atoms with E-state index in [-0.39, 0.29) is 0 Å². The van der Waals surface area contributed by atoms with Crippen LogP contribution in [0.2, 0.25) is 0 Å². The second-order valence-corrected chi connectivity index (χ2v) is 14.4. The summed E-state index contributed by atoms with van der Waals surface area (Å²) < 4.78 is 29.4. The minimum atomic E-state index is -2.43. The van der Waals surface area contributed by atoms with Crippen molar-refractivity contribution in [1.82, 2.24) is 10.2 Å². The molecule has 2 fully saturated rings. The van der Waals surface area contributed by atoms with Crippen molar-refractivity contribution in [2.24, 2.45) is 4.99 Å². The van der Waals surface area contributed by atoms with Crippen LogP contribution in [0, 0.1) is 0 Å². The maximum atomic E-state index is 12.5. The van der Waals surface area contributed by atoms with Crippen molar-refractivity contribution in [2.45, 2.75) is 25.2 Å². The van der Waals surface area contributed by atoms with Crippen molar-refractivity contribution < 1.29 is 18.8 Å². The molecule has 3 N–H and O–H groups in total. The van der Waals surface area contributed by atoms with Crippen LogP contribution in [-0.4, -0.2) is 90.4 Å². The third kappa shape index (κ3) is 7.12. The first-order valence-corrected chi connectivity index (χ1v) is 16.9. The fourth-order valence-corrected chi connectivity index (χ4v) is 6.46. The molecule has 10 nitrogen and oxygen atoms in total. The van der Waals surface area contributed by atoms with E-state index in [1.807, 2.05) is 18.2 Å². The smallest absolute Gasteiger partial charge is 0.195 e. The van der Waals surface area contributed by atoms with Crippen LogP contribution >= 0.6 is 18.7 Å². The van der Waals surface area contributed by atoms with Crippen molar-refractivity contribution in [3.63, 3.8) is 0 Å². The molecule has 2 aromatic rings. The lowest BCUT2D eigenvalue weighted by Gasteiger charge is -2.41. The fraction of sp³-hybridized carbons (Fsp3) is 0.483. The maximum Gasteiger partial charge on any atom is 0.195 e. The van der Waals surface area contributed by atoms with Gasteiger partial charge in [-0.15, -0.1) is 0 Å². The zero-order valence-electron chi connectivity index (χ0n) is 24.2. The van der Waals surface area contributed by atoms with Gasteiger partial charge in [0.05, 0.1) is 43.8 Å².